The number of primary amides is 1. The van der Waals surface area contributed by atoms with E-state index in [4.69, 9.17) is 15.2 Å². The van der Waals surface area contributed by atoms with E-state index in [1.165, 1.54) is 15.4 Å². The molecule has 3 aromatic carbocycles. The first-order valence-corrected chi connectivity index (χ1v) is 29.3. The first-order valence-electron chi connectivity index (χ1n) is 28.4. The molecule has 7 amide bonds. The number of piperidine rings is 1. The van der Waals surface area contributed by atoms with Crippen molar-refractivity contribution in [2.75, 3.05) is 31.1 Å². The second kappa shape index (κ2) is 26.0. The molecule has 1 aromatic heterocycles. The average molecular weight is 1130 g/mol. The Morgan fingerprint density at radius 1 is 0.864 bits per heavy atom. The molecule has 20 heteroatoms. The van der Waals surface area contributed by atoms with E-state index in [0.717, 1.165) is 57.7 Å². The summed E-state index contributed by atoms with van der Waals surface area (Å²) in [5.41, 5.74) is 13.4. The van der Waals surface area contributed by atoms with Gasteiger partial charge in [0.2, 0.25) is 35.4 Å². The lowest BCUT2D eigenvalue weighted by Crippen LogP contribution is -2.58. The van der Waals surface area contributed by atoms with Crippen LogP contribution in [0.1, 0.15) is 121 Å². The van der Waals surface area contributed by atoms with Crippen LogP contribution in [0, 0.1) is 18.3 Å². The maximum atomic E-state index is 14.3. The molecule has 436 valence electrons. The second-order valence-electron chi connectivity index (χ2n) is 24.4. The second-order valence-corrected chi connectivity index (χ2v) is 25.3. The van der Waals surface area contributed by atoms with Crippen molar-refractivity contribution in [2.45, 2.75) is 174 Å². The lowest BCUT2D eigenvalue weighted by molar-refractivity contribution is -0.144. The third-order valence-corrected chi connectivity index (χ3v) is 16.8. The van der Waals surface area contributed by atoms with Crippen molar-refractivity contribution in [3.05, 3.63) is 106 Å². The van der Waals surface area contributed by atoms with Crippen molar-refractivity contribution in [3.63, 3.8) is 0 Å². The number of nitrogens with two attached hydrogens (primary N) is 1. The van der Waals surface area contributed by atoms with E-state index in [9.17, 15) is 38.7 Å². The molecule has 0 saturated carbocycles. The molecule has 0 bridgehead atoms. The highest BCUT2D eigenvalue weighted by Crippen LogP contribution is 2.39. The lowest BCUT2D eigenvalue weighted by Gasteiger charge is -2.36. The number of para-hydroxylation sites is 1. The number of carbonyl (C=O) groups excluding carboxylic acids is 7. The molecule has 0 aliphatic carbocycles. The molecular formula is C61H81N9O10S. The number of aliphatic hydroxyl groups is 1. The van der Waals surface area contributed by atoms with E-state index in [1.807, 2.05) is 94.7 Å². The smallest absolute Gasteiger partial charge is 0.408 e. The molecule has 7 N–H and O–H groups in total. The Bertz CT molecular complexity index is 2910. The van der Waals surface area contributed by atoms with Gasteiger partial charge in [-0.05, 0) is 131 Å². The molecule has 2 fully saturated rings. The Hall–Kier alpha value is -6.74. The molecule has 81 heavy (non-hydrogen) atoms. The van der Waals surface area contributed by atoms with Crippen molar-refractivity contribution in [3.8, 4) is 10.4 Å². The summed E-state index contributed by atoms with van der Waals surface area (Å²) in [6.45, 7) is 16.7. The molecule has 4 aromatic rings. The molecule has 19 nitrogen and oxygen atoms in total. The van der Waals surface area contributed by atoms with Gasteiger partial charge in [-0.2, -0.15) is 0 Å². The minimum atomic E-state index is -0.921. The predicted molar refractivity (Wildman–Crippen MR) is 308 cm³/mol. The summed E-state index contributed by atoms with van der Waals surface area (Å²) in [5.74, 6) is -1.94. The van der Waals surface area contributed by atoms with Crippen LogP contribution in [0.3, 0.4) is 0 Å². The third-order valence-electron chi connectivity index (χ3n) is 15.8. The monoisotopic (exact) mass is 1130 g/mol. The van der Waals surface area contributed by atoms with E-state index in [0.29, 0.717) is 37.5 Å². The summed E-state index contributed by atoms with van der Waals surface area (Å²) in [4.78, 5) is 105. The maximum absolute atomic E-state index is 14.3. The van der Waals surface area contributed by atoms with E-state index >= 15 is 0 Å². The molecule has 7 atom stereocenters. The number of nitrogens with zero attached hydrogens (tertiary/aromatic N) is 4. The normalized spacial score (nSPS) is 20.6. The molecule has 0 unspecified atom stereocenters. The number of carbonyl (C=O) groups is 7. The zero-order chi connectivity index (χ0) is 58.3. The lowest BCUT2D eigenvalue weighted by atomic mass is 9.85. The molecular weight excluding hydrogens is 1050 g/mol. The number of alkyl carbamates (subject to hydrolysis) is 1. The van der Waals surface area contributed by atoms with Gasteiger partial charge in [-0.25, -0.2) is 9.78 Å². The molecule has 8 rings (SSSR count). The van der Waals surface area contributed by atoms with Crippen molar-refractivity contribution >= 4 is 58.6 Å². The van der Waals surface area contributed by atoms with Crippen LogP contribution in [0.4, 0.5) is 10.5 Å². The number of aryl methyl sites for hydroxylation is 2. The number of nitrogens with one attached hydrogen (secondary N) is 4. The van der Waals surface area contributed by atoms with Gasteiger partial charge in [0.05, 0.1) is 53.2 Å². The minimum Gasteiger partial charge on any atom is -0.444 e. The van der Waals surface area contributed by atoms with Gasteiger partial charge >= 0.3 is 6.09 Å². The quantitative estimate of drug-likeness (QED) is 0.0630. The van der Waals surface area contributed by atoms with Crippen molar-refractivity contribution in [1.29, 1.82) is 0 Å². The van der Waals surface area contributed by atoms with Crippen LogP contribution in [0.15, 0.2) is 72.2 Å². The molecule has 4 aliphatic heterocycles. The largest absolute Gasteiger partial charge is 0.444 e. The van der Waals surface area contributed by atoms with Crippen LogP contribution in [-0.2, 0) is 70.7 Å². The number of thiazole rings is 1. The number of hydrogen-bond acceptors (Lipinski definition) is 13. The van der Waals surface area contributed by atoms with E-state index in [2.05, 4.69) is 43.3 Å². The fourth-order valence-corrected chi connectivity index (χ4v) is 12.2. The number of aromatic nitrogens is 1. The fourth-order valence-electron chi connectivity index (χ4n) is 11.4. The number of hydrogen-bond donors (Lipinski definition) is 6. The minimum absolute atomic E-state index is 0.00307. The number of ether oxygens (including phenoxy) is 2. The average Bonchev–Trinajstić information content (AvgIpc) is 4.13. The first kappa shape index (κ1) is 60.4. The molecule has 2 saturated heterocycles. The number of anilines is 1. The van der Waals surface area contributed by atoms with Gasteiger partial charge < -0.3 is 46.5 Å². The summed E-state index contributed by atoms with van der Waals surface area (Å²) in [6, 6.07) is 17.7. The summed E-state index contributed by atoms with van der Waals surface area (Å²) in [5, 5.41) is 22.5. The predicted octanol–water partition coefficient (Wildman–Crippen LogP) is 5.63. The third kappa shape index (κ3) is 15.6. The highest BCUT2D eigenvalue weighted by molar-refractivity contribution is 7.13. The number of amides is 7. The Kier molecular flexibility index (Phi) is 19.4. The Morgan fingerprint density at radius 2 is 1.54 bits per heavy atom. The van der Waals surface area contributed by atoms with Crippen LogP contribution in [-0.4, -0.2) is 136 Å². The highest BCUT2D eigenvalue weighted by Gasteiger charge is 2.46. The van der Waals surface area contributed by atoms with Gasteiger partial charge in [-0.1, -0.05) is 87.5 Å². The maximum Gasteiger partial charge on any atom is 0.408 e. The summed E-state index contributed by atoms with van der Waals surface area (Å²) in [6.07, 6.45) is 2.01. The van der Waals surface area contributed by atoms with Crippen LogP contribution in [0.5, 0.6) is 0 Å². The van der Waals surface area contributed by atoms with E-state index in [-0.39, 0.29) is 63.7 Å². The zero-order valence-electron chi connectivity index (χ0n) is 48.0. The van der Waals surface area contributed by atoms with Gasteiger partial charge in [-0.15, -0.1) is 11.3 Å². The number of rotatable bonds is 20. The first-order chi connectivity index (χ1) is 38.4. The van der Waals surface area contributed by atoms with Crippen LogP contribution in [0.25, 0.3) is 10.4 Å². The van der Waals surface area contributed by atoms with Gasteiger partial charge in [0.25, 0.3) is 0 Å². The van der Waals surface area contributed by atoms with Gasteiger partial charge in [0.15, 0.2) is 0 Å². The summed E-state index contributed by atoms with van der Waals surface area (Å²) in [7, 11) is 0. The number of benzene rings is 3. The van der Waals surface area contributed by atoms with Gasteiger partial charge in [0.1, 0.15) is 29.8 Å². The standard InChI is InChI=1S/C61H81N9O10S/c1-36-53(81-35-64-36)43-18-16-40(17-19-43)31-63-55(74)48-30-45(71)32-69(48)58(77)54(60(3,4)5)67-51(73)33-68-26-24-39(25-27-68)28-38-12-14-41(15-13-38)34-79-37(2)46(22-23-50(62)72)65-56(75)49-29-44-11-9-10-42-20-21-47(57(76)70(49)52(42)44)66-59(78)80-61(6,7)8/h9-19,35,37,39,45-49,54,71H,20-34H2,1-8H3,(H2,62,72)(H,63,74)(H,65,75)(H,66,78)(H,67,73)/t37-,45-,46+,47+,48+,49+,54-/m1/s1. The van der Waals surface area contributed by atoms with Crippen LogP contribution >= 0.6 is 11.3 Å². The van der Waals surface area contributed by atoms with Gasteiger partial charge in [0, 0.05) is 32.4 Å². The van der Waals surface area contributed by atoms with Crippen LogP contribution in [0.2, 0.25) is 0 Å². The number of aliphatic hydroxyl groups excluding tert-OH is 1. The molecule has 0 spiro atoms. The van der Waals surface area contributed by atoms with Crippen LogP contribution < -0.4 is 31.9 Å². The molecule has 5 heterocycles. The molecule has 0 radical (unpaired) electrons. The topological polar surface area (TPSA) is 255 Å². The summed E-state index contributed by atoms with van der Waals surface area (Å²) < 4.78 is 11.8. The van der Waals surface area contributed by atoms with E-state index in [1.54, 1.807) is 32.1 Å². The zero-order valence-corrected chi connectivity index (χ0v) is 48.9. The SMILES string of the molecule is Cc1ncsc1-c1ccc(CNC(=O)[C@@H]2C[C@@H](O)CN2C(=O)[C@@H](NC(=O)CN2CCC(Cc3ccc(CO[C@H](C)[C@H](CCC(N)=O)NC(=O)[C@@H]4Cc5cccc6c5N4C(=O)[C@@H](NC(=O)OC(C)(C)C)CC6)cc3)CC2)C(C)(C)C)cc1. The van der Waals surface area contributed by atoms with E-state index < -0.39 is 83.2 Å². The van der Waals surface area contributed by atoms with Gasteiger partial charge in [-0.3, -0.25) is 38.6 Å². The Labute approximate surface area is 479 Å². The Balaban J connectivity index is 0.792. The van der Waals surface area contributed by atoms with Crippen molar-refractivity contribution < 1.29 is 48.1 Å². The Morgan fingerprint density at radius 3 is 2.20 bits per heavy atom. The highest BCUT2D eigenvalue weighted by atomic mass is 32.1. The number of likely N-dealkylation sites (tertiary alicyclic amines) is 2. The van der Waals surface area contributed by atoms with Crippen molar-refractivity contribution in [2.24, 2.45) is 17.1 Å². The van der Waals surface area contributed by atoms with Crippen molar-refractivity contribution in [1.82, 2.24) is 36.1 Å². The fraction of sp³-hybridized carbons (Fsp3) is 0.541. The summed E-state index contributed by atoms with van der Waals surface area (Å²) >= 11 is 1.57. The molecule has 4 aliphatic rings. The number of β-amino-alcohol motifs (C(OH)–C–C–N with tert-alkyl or cyclic N) is 1.